The van der Waals surface area contributed by atoms with Crippen molar-refractivity contribution in [1.82, 2.24) is 19.6 Å². The van der Waals surface area contributed by atoms with E-state index >= 15 is 0 Å². The summed E-state index contributed by atoms with van der Waals surface area (Å²) < 4.78 is 6.90. The predicted octanol–water partition coefficient (Wildman–Crippen LogP) is 3.15. The molecule has 30 heavy (non-hydrogen) atoms. The highest BCUT2D eigenvalue weighted by Crippen LogP contribution is 2.34. The SMILES string of the molecule is COc1cc(C(=O)O)c([N+](=O)[O-])cc1Nc1nccc(-c2cnn3ccccc23)n1. The molecule has 11 heteroatoms. The molecule has 1 aromatic carbocycles. The number of nitro groups is 1. The number of carbonyl (C=O) groups is 1. The van der Waals surface area contributed by atoms with Crippen molar-refractivity contribution in [3.63, 3.8) is 0 Å². The molecule has 3 heterocycles. The summed E-state index contributed by atoms with van der Waals surface area (Å²) in [6.07, 6.45) is 5.02. The van der Waals surface area contributed by atoms with Gasteiger partial charge < -0.3 is 15.2 Å². The lowest BCUT2D eigenvalue weighted by molar-refractivity contribution is -0.385. The molecule has 4 aromatic rings. The number of benzene rings is 1. The van der Waals surface area contributed by atoms with Gasteiger partial charge in [0.2, 0.25) is 5.95 Å². The van der Waals surface area contributed by atoms with Gasteiger partial charge in [-0.2, -0.15) is 5.10 Å². The molecule has 2 N–H and O–H groups in total. The largest absolute Gasteiger partial charge is 0.495 e. The van der Waals surface area contributed by atoms with E-state index < -0.39 is 22.1 Å². The number of carboxylic acids is 1. The Labute approximate surface area is 168 Å². The van der Waals surface area contributed by atoms with E-state index in [1.54, 1.807) is 16.8 Å². The normalized spacial score (nSPS) is 10.7. The number of nitro benzene ring substituents is 1. The number of nitrogens with one attached hydrogen (secondary N) is 1. The van der Waals surface area contributed by atoms with Gasteiger partial charge in [0.1, 0.15) is 11.3 Å². The molecule has 0 fully saturated rings. The van der Waals surface area contributed by atoms with Gasteiger partial charge in [0.25, 0.3) is 5.69 Å². The summed E-state index contributed by atoms with van der Waals surface area (Å²) in [5, 5.41) is 27.7. The molecule has 0 atom stereocenters. The zero-order valence-electron chi connectivity index (χ0n) is 15.5. The molecule has 0 radical (unpaired) electrons. The maximum absolute atomic E-state index is 11.3. The number of carboxylic acid groups (broad SMARTS) is 1. The molecule has 0 aliphatic carbocycles. The standard InChI is InChI=1S/C19H14N6O5/c1-30-17-8-11(18(26)27)16(25(28)29)9-14(17)23-19-20-6-5-13(22-19)12-10-21-24-7-3-2-4-15(12)24/h2-10H,1H3,(H,26,27)(H,20,22,23). The predicted molar refractivity (Wildman–Crippen MR) is 106 cm³/mol. The van der Waals surface area contributed by atoms with Gasteiger partial charge in [-0.05, 0) is 18.2 Å². The van der Waals surface area contributed by atoms with Gasteiger partial charge in [0.05, 0.1) is 35.1 Å². The number of aromatic carboxylic acids is 1. The number of ether oxygens (including phenoxy) is 1. The van der Waals surface area contributed by atoms with Crippen LogP contribution in [-0.4, -0.2) is 42.7 Å². The first-order valence-corrected chi connectivity index (χ1v) is 8.60. The van der Waals surface area contributed by atoms with Crippen molar-refractivity contribution in [2.75, 3.05) is 12.4 Å². The highest BCUT2D eigenvalue weighted by atomic mass is 16.6. The Bertz CT molecular complexity index is 1290. The number of nitrogens with zero attached hydrogens (tertiary/aromatic N) is 5. The summed E-state index contributed by atoms with van der Waals surface area (Å²) in [6.45, 7) is 0. The Balaban J connectivity index is 1.75. The Morgan fingerprint density at radius 2 is 2.13 bits per heavy atom. The highest BCUT2D eigenvalue weighted by Gasteiger charge is 2.24. The third kappa shape index (κ3) is 3.35. The van der Waals surface area contributed by atoms with Crippen LogP contribution in [0.1, 0.15) is 10.4 Å². The van der Waals surface area contributed by atoms with Crippen molar-refractivity contribution >= 4 is 28.8 Å². The lowest BCUT2D eigenvalue weighted by Gasteiger charge is -2.11. The first-order chi connectivity index (χ1) is 14.5. The van der Waals surface area contributed by atoms with Crippen molar-refractivity contribution < 1.29 is 19.6 Å². The first kappa shape index (κ1) is 18.8. The zero-order valence-corrected chi connectivity index (χ0v) is 15.5. The van der Waals surface area contributed by atoms with Crippen LogP contribution >= 0.6 is 0 Å². The van der Waals surface area contributed by atoms with Crippen molar-refractivity contribution in [3.8, 4) is 17.0 Å². The van der Waals surface area contributed by atoms with Crippen molar-refractivity contribution in [2.24, 2.45) is 0 Å². The summed E-state index contributed by atoms with van der Waals surface area (Å²) in [5.41, 5.74) is 1.31. The molecule has 0 aliphatic rings. The molecule has 0 amide bonds. The van der Waals surface area contributed by atoms with Crippen LogP contribution in [0.3, 0.4) is 0 Å². The van der Waals surface area contributed by atoms with E-state index in [1.165, 1.54) is 13.3 Å². The molecular formula is C19H14N6O5. The van der Waals surface area contributed by atoms with Crippen LogP contribution in [-0.2, 0) is 0 Å². The second-order valence-corrected chi connectivity index (χ2v) is 6.11. The van der Waals surface area contributed by atoms with E-state index in [4.69, 9.17) is 4.74 Å². The van der Waals surface area contributed by atoms with E-state index in [1.807, 2.05) is 24.4 Å². The number of rotatable bonds is 6. The fourth-order valence-corrected chi connectivity index (χ4v) is 2.98. The van der Waals surface area contributed by atoms with Crippen molar-refractivity contribution in [3.05, 3.63) is 70.7 Å². The van der Waals surface area contributed by atoms with Crippen molar-refractivity contribution in [1.29, 1.82) is 0 Å². The van der Waals surface area contributed by atoms with Gasteiger partial charge in [-0.3, -0.25) is 10.1 Å². The van der Waals surface area contributed by atoms with E-state index in [0.29, 0.717) is 5.69 Å². The monoisotopic (exact) mass is 406 g/mol. The Morgan fingerprint density at radius 1 is 1.30 bits per heavy atom. The fourth-order valence-electron chi connectivity index (χ4n) is 2.98. The minimum Gasteiger partial charge on any atom is -0.495 e. The second-order valence-electron chi connectivity index (χ2n) is 6.11. The first-order valence-electron chi connectivity index (χ1n) is 8.60. The third-order valence-electron chi connectivity index (χ3n) is 4.35. The summed E-state index contributed by atoms with van der Waals surface area (Å²) >= 11 is 0. The molecule has 4 rings (SSSR count). The van der Waals surface area contributed by atoms with Gasteiger partial charge in [-0.15, -0.1) is 0 Å². The molecule has 3 aromatic heterocycles. The average molecular weight is 406 g/mol. The Kier molecular flexibility index (Phi) is 4.68. The average Bonchev–Trinajstić information content (AvgIpc) is 3.17. The zero-order chi connectivity index (χ0) is 21.3. The van der Waals surface area contributed by atoms with Crippen LogP contribution in [0.4, 0.5) is 17.3 Å². The minimum absolute atomic E-state index is 0.1000. The molecular weight excluding hydrogens is 392 g/mol. The lowest BCUT2D eigenvalue weighted by Crippen LogP contribution is -2.06. The van der Waals surface area contributed by atoms with Gasteiger partial charge in [-0.25, -0.2) is 19.3 Å². The van der Waals surface area contributed by atoms with E-state index in [2.05, 4.69) is 20.4 Å². The molecule has 0 spiro atoms. The molecule has 0 aliphatic heterocycles. The number of pyridine rings is 1. The Hall–Kier alpha value is -4.54. The molecule has 0 saturated carbocycles. The Morgan fingerprint density at radius 3 is 2.87 bits per heavy atom. The van der Waals surface area contributed by atoms with Crippen LogP contribution in [0.5, 0.6) is 5.75 Å². The number of hydrogen-bond acceptors (Lipinski definition) is 8. The lowest BCUT2D eigenvalue weighted by atomic mass is 10.1. The van der Waals surface area contributed by atoms with Crippen molar-refractivity contribution in [2.45, 2.75) is 0 Å². The van der Waals surface area contributed by atoms with E-state index in [9.17, 15) is 20.0 Å². The smallest absolute Gasteiger partial charge is 0.342 e. The molecule has 0 saturated heterocycles. The molecule has 0 unspecified atom stereocenters. The number of methoxy groups -OCH3 is 1. The maximum atomic E-state index is 11.3. The van der Waals surface area contributed by atoms with Gasteiger partial charge in [0, 0.05) is 30.1 Å². The highest BCUT2D eigenvalue weighted by molar-refractivity contribution is 5.94. The number of aromatic nitrogens is 4. The topological polar surface area (TPSA) is 145 Å². The van der Waals surface area contributed by atoms with Gasteiger partial charge in [-0.1, -0.05) is 6.07 Å². The molecule has 0 bridgehead atoms. The second kappa shape index (κ2) is 7.47. The summed E-state index contributed by atoms with van der Waals surface area (Å²) in [7, 11) is 1.33. The molecule has 150 valence electrons. The number of anilines is 2. The molecule has 11 nitrogen and oxygen atoms in total. The van der Waals surface area contributed by atoms with Gasteiger partial charge >= 0.3 is 5.97 Å². The van der Waals surface area contributed by atoms with Crippen LogP contribution in [0.2, 0.25) is 0 Å². The number of fused-ring (bicyclic) bond motifs is 1. The minimum atomic E-state index is -1.43. The van der Waals surface area contributed by atoms with Crippen LogP contribution < -0.4 is 10.1 Å². The maximum Gasteiger partial charge on any atom is 0.342 e. The third-order valence-corrected chi connectivity index (χ3v) is 4.35. The van der Waals surface area contributed by atoms with E-state index in [0.717, 1.165) is 23.2 Å². The fraction of sp³-hybridized carbons (Fsp3) is 0.0526. The van der Waals surface area contributed by atoms with E-state index in [-0.39, 0.29) is 17.4 Å². The number of hydrogen-bond donors (Lipinski definition) is 2. The van der Waals surface area contributed by atoms with Gasteiger partial charge in [0.15, 0.2) is 0 Å². The summed E-state index contributed by atoms with van der Waals surface area (Å²) in [6, 6.07) is 9.51. The van der Waals surface area contributed by atoms with Crippen LogP contribution in [0.25, 0.3) is 16.8 Å². The van der Waals surface area contributed by atoms with Crippen LogP contribution in [0, 0.1) is 10.1 Å². The van der Waals surface area contributed by atoms with Crippen LogP contribution in [0.15, 0.2) is 55.0 Å². The quantitative estimate of drug-likeness (QED) is 0.364. The summed E-state index contributed by atoms with van der Waals surface area (Å²) in [4.78, 5) is 30.5. The summed E-state index contributed by atoms with van der Waals surface area (Å²) in [5.74, 6) is -1.18.